The van der Waals surface area contributed by atoms with Gasteiger partial charge in [-0.3, -0.25) is 0 Å². The summed E-state index contributed by atoms with van der Waals surface area (Å²) in [6.45, 7) is 2.54. The predicted molar refractivity (Wildman–Crippen MR) is 118 cm³/mol. The third-order valence-electron chi connectivity index (χ3n) is 6.73. The van der Waals surface area contributed by atoms with Gasteiger partial charge < -0.3 is 10.1 Å². The summed E-state index contributed by atoms with van der Waals surface area (Å²) in [6, 6.07) is 29.2. The van der Waals surface area contributed by atoms with E-state index in [2.05, 4.69) is 84.2 Å². The zero-order valence-corrected chi connectivity index (χ0v) is 16.9. The summed E-state index contributed by atoms with van der Waals surface area (Å²) < 4.78 is 6.12. The molecule has 1 atom stereocenters. The van der Waals surface area contributed by atoms with Crippen LogP contribution in [0.1, 0.15) is 40.7 Å². The van der Waals surface area contributed by atoms with Gasteiger partial charge in [0.15, 0.2) is 0 Å². The van der Waals surface area contributed by atoms with E-state index in [1.807, 2.05) is 0 Å². The average Bonchev–Trinajstić information content (AvgIpc) is 3.20. The molecule has 29 heavy (non-hydrogen) atoms. The van der Waals surface area contributed by atoms with Crippen molar-refractivity contribution in [3.05, 3.63) is 107 Å². The second-order valence-corrected chi connectivity index (χ2v) is 8.53. The van der Waals surface area contributed by atoms with Crippen LogP contribution in [0.5, 0.6) is 0 Å². The zero-order valence-electron chi connectivity index (χ0n) is 16.9. The highest BCUT2D eigenvalue weighted by atomic mass is 16.5. The molecule has 1 heterocycles. The average molecular weight is 384 g/mol. The summed E-state index contributed by atoms with van der Waals surface area (Å²) in [4.78, 5) is 0. The molecule has 1 unspecified atom stereocenters. The number of fused-ring (bicyclic) bond motifs is 2. The fraction of sp³-hybridized carbons (Fsp3) is 0.333. The van der Waals surface area contributed by atoms with Crippen LogP contribution in [-0.2, 0) is 29.6 Å². The monoisotopic (exact) mass is 383 g/mol. The first-order valence-corrected chi connectivity index (χ1v) is 10.9. The lowest BCUT2D eigenvalue weighted by molar-refractivity contribution is 0.0612. The second kappa shape index (κ2) is 8.14. The van der Waals surface area contributed by atoms with Crippen LogP contribution in [0.25, 0.3) is 0 Å². The number of rotatable bonds is 6. The molecule has 2 heteroatoms. The van der Waals surface area contributed by atoms with Gasteiger partial charge in [-0.2, -0.15) is 0 Å². The Bertz CT molecular complexity index is 942. The molecule has 5 rings (SSSR count). The molecule has 0 saturated heterocycles. The molecule has 0 bridgehead atoms. The summed E-state index contributed by atoms with van der Waals surface area (Å²) in [7, 11) is 0. The second-order valence-electron chi connectivity index (χ2n) is 8.53. The Balaban J connectivity index is 1.30. The van der Waals surface area contributed by atoms with Crippen LogP contribution in [-0.4, -0.2) is 19.2 Å². The quantitative estimate of drug-likeness (QED) is 0.602. The Hall–Kier alpha value is -2.42. The van der Waals surface area contributed by atoms with Gasteiger partial charge in [0.1, 0.15) is 0 Å². The van der Waals surface area contributed by atoms with Crippen molar-refractivity contribution in [1.82, 2.24) is 5.32 Å². The summed E-state index contributed by atoms with van der Waals surface area (Å²) in [6.07, 6.45) is 4.55. The molecular formula is C27H29NO. The third kappa shape index (κ3) is 3.63. The fourth-order valence-corrected chi connectivity index (χ4v) is 5.27. The molecule has 0 aromatic heterocycles. The summed E-state index contributed by atoms with van der Waals surface area (Å²) in [5, 5.41) is 3.82. The maximum Gasteiger partial charge on any atom is 0.0720 e. The molecule has 3 aromatic rings. The molecule has 0 spiro atoms. The van der Waals surface area contributed by atoms with Gasteiger partial charge in [-0.25, -0.2) is 0 Å². The first kappa shape index (κ1) is 18.6. The van der Waals surface area contributed by atoms with Crippen LogP contribution in [0.4, 0.5) is 0 Å². The first-order chi connectivity index (χ1) is 14.4. The lowest BCUT2D eigenvalue weighted by atomic mass is 9.69. The Morgan fingerprint density at radius 2 is 1.45 bits per heavy atom. The number of hydrogen-bond acceptors (Lipinski definition) is 2. The largest absolute Gasteiger partial charge is 0.375 e. The molecule has 1 aliphatic carbocycles. The predicted octanol–water partition coefficient (Wildman–Crippen LogP) is 5.04. The van der Waals surface area contributed by atoms with Crippen molar-refractivity contribution in [2.75, 3.05) is 13.2 Å². The number of benzene rings is 3. The van der Waals surface area contributed by atoms with E-state index < -0.39 is 0 Å². The van der Waals surface area contributed by atoms with E-state index in [0.717, 1.165) is 45.4 Å². The lowest BCUT2D eigenvalue weighted by Crippen LogP contribution is -2.39. The van der Waals surface area contributed by atoms with Crippen molar-refractivity contribution in [2.45, 2.75) is 43.7 Å². The van der Waals surface area contributed by atoms with Crippen LogP contribution in [0.3, 0.4) is 0 Å². The minimum absolute atomic E-state index is 0.0452. The molecule has 0 amide bonds. The highest BCUT2D eigenvalue weighted by Gasteiger charge is 2.38. The van der Waals surface area contributed by atoms with E-state index in [0.29, 0.717) is 6.04 Å². The van der Waals surface area contributed by atoms with Gasteiger partial charge in [0.25, 0.3) is 0 Å². The van der Waals surface area contributed by atoms with Gasteiger partial charge in [-0.1, -0.05) is 78.9 Å². The van der Waals surface area contributed by atoms with Crippen molar-refractivity contribution < 1.29 is 4.74 Å². The zero-order chi connectivity index (χ0) is 19.5. The summed E-state index contributed by atoms with van der Waals surface area (Å²) in [5.74, 6) is 0. The van der Waals surface area contributed by atoms with Crippen LogP contribution in [0, 0.1) is 0 Å². The molecule has 0 fully saturated rings. The summed E-state index contributed by atoms with van der Waals surface area (Å²) in [5.41, 5.74) is 7.14. The Morgan fingerprint density at radius 1 is 0.793 bits per heavy atom. The van der Waals surface area contributed by atoms with E-state index in [4.69, 9.17) is 4.74 Å². The molecule has 1 N–H and O–H groups in total. The van der Waals surface area contributed by atoms with Gasteiger partial charge in [0.05, 0.1) is 13.2 Å². The van der Waals surface area contributed by atoms with Crippen molar-refractivity contribution in [1.29, 1.82) is 0 Å². The molecule has 148 valence electrons. The van der Waals surface area contributed by atoms with Crippen LogP contribution in [0.2, 0.25) is 0 Å². The molecular weight excluding hydrogens is 354 g/mol. The number of nitrogens with one attached hydrogen (secondary N) is 1. The summed E-state index contributed by atoms with van der Waals surface area (Å²) >= 11 is 0. The Morgan fingerprint density at radius 3 is 2.21 bits per heavy atom. The van der Waals surface area contributed by atoms with Crippen LogP contribution >= 0.6 is 0 Å². The Kier molecular flexibility index (Phi) is 5.22. The van der Waals surface area contributed by atoms with Crippen molar-refractivity contribution in [3.8, 4) is 0 Å². The van der Waals surface area contributed by atoms with Gasteiger partial charge in [0, 0.05) is 11.5 Å². The van der Waals surface area contributed by atoms with Gasteiger partial charge in [0.2, 0.25) is 0 Å². The maximum absolute atomic E-state index is 6.12. The normalized spacial score (nSPS) is 21.0. The molecule has 0 radical (unpaired) electrons. The number of ether oxygens (including phenoxy) is 1. The van der Waals surface area contributed by atoms with E-state index in [9.17, 15) is 0 Å². The third-order valence-corrected chi connectivity index (χ3v) is 6.73. The minimum atomic E-state index is -0.0452. The smallest absolute Gasteiger partial charge is 0.0720 e. The van der Waals surface area contributed by atoms with Crippen molar-refractivity contribution >= 4 is 0 Å². The fourth-order valence-electron chi connectivity index (χ4n) is 5.27. The SMILES string of the molecule is c1ccc(C2(CCCNC3Cc4ccccc4C3)COCc3ccccc32)cc1. The number of hydrogen-bond donors (Lipinski definition) is 1. The molecule has 2 nitrogen and oxygen atoms in total. The topological polar surface area (TPSA) is 21.3 Å². The van der Waals surface area contributed by atoms with Gasteiger partial charge in [-0.15, -0.1) is 0 Å². The van der Waals surface area contributed by atoms with Crippen LogP contribution < -0.4 is 5.32 Å². The maximum atomic E-state index is 6.12. The van der Waals surface area contributed by atoms with E-state index in [1.54, 1.807) is 0 Å². The molecule has 2 aliphatic rings. The van der Waals surface area contributed by atoms with Gasteiger partial charge in [-0.05, 0) is 60.0 Å². The first-order valence-electron chi connectivity index (χ1n) is 10.9. The highest BCUT2D eigenvalue weighted by molar-refractivity contribution is 5.45. The molecule has 1 aliphatic heterocycles. The standard InChI is InChI=1S/C27H29NO/c1-2-12-24(13-3-1)27(20-29-19-23-11-6-7-14-26(23)27)15-8-16-28-25-17-21-9-4-5-10-22(21)18-25/h1-7,9-14,25,28H,8,15-20H2. The lowest BCUT2D eigenvalue weighted by Gasteiger charge is -2.40. The van der Waals surface area contributed by atoms with Crippen molar-refractivity contribution in [3.63, 3.8) is 0 Å². The molecule has 0 saturated carbocycles. The minimum Gasteiger partial charge on any atom is -0.375 e. The highest BCUT2D eigenvalue weighted by Crippen LogP contribution is 2.41. The van der Waals surface area contributed by atoms with Gasteiger partial charge >= 0.3 is 0 Å². The van der Waals surface area contributed by atoms with E-state index >= 15 is 0 Å². The van der Waals surface area contributed by atoms with Crippen molar-refractivity contribution in [2.24, 2.45) is 0 Å². The molecule has 3 aromatic carbocycles. The van der Waals surface area contributed by atoms with Crippen LogP contribution in [0.15, 0.2) is 78.9 Å². The van der Waals surface area contributed by atoms with E-state index in [-0.39, 0.29) is 5.41 Å². The van der Waals surface area contributed by atoms with E-state index in [1.165, 1.54) is 27.8 Å². The Labute approximate surface area is 173 Å².